The molecule has 17 heavy (non-hydrogen) atoms. The summed E-state index contributed by atoms with van der Waals surface area (Å²) in [6, 6.07) is 6.20. The smallest absolute Gasteiger partial charge is 0.165 e. The summed E-state index contributed by atoms with van der Waals surface area (Å²) in [4.78, 5) is 0. The van der Waals surface area contributed by atoms with Gasteiger partial charge in [0.25, 0.3) is 0 Å². The Hall–Kier alpha value is -1.48. The Morgan fingerprint density at radius 1 is 1.35 bits per heavy atom. The fourth-order valence-corrected chi connectivity index (χ4v) is 1.93. The molecule has 1 aromatic carbocycles. The third-order valence-electron chi connectivity index (χ3n) is 2.82. The summed E-state index contributed by atoms with van der Waals surface area (Å²) in [5, 5.41) is 3.30. The van der Waals surface area contributed by atoms with Crippen LogP contribution in [0.2, 0.25) is 0 Å². The van der Waals surface area contributed by atoms with Crippen LogP contribution in [-0.4, -0.2) is 21.3 Å². The molecule has 0 bridgehead atoms. The Bertz CT molecular complexity index is 363. The van der Waals surface area contributed by atoms with Crippen molar-refractivity contribution in [3.63, 3.8) is 0 Å². The first-order valence-electron chi connectivity index (χ1n) is 5.77. The molecule has 1 aromatic rings. The van der Waals surface area contributed by atoms with Crippen LogP contribution in [0.25, 0.3) is 0 Å². The standard InChI is InChI=1S/C14H21NO2/c1-5-6-9-12(15-2)11-8-7-10-13(16-3)14(11)17-4/h5,7-8,10,12,15H,1,6,9H2,2-4H3. The van der Waals surface area contributed by atoms with Gasteiger partial charge in [0.15, 0.2) is 11.5 Å². The van der Waals surface area contributed by atoms with Crippen LogP contribution < -0.4 is 14.8 Å². The number of rotatable bonds is 7. The summed E-state index contributed by atoms with van der Waals surface area (Å²) < 4.78 is 10.7. The average Bonchev–Trinajstić information content (AvgIpc) is 2.39. The van der Waals surface area contributed by atoms with E-state index in [-0.39, 0.29) is 6.04 Å². The predicted octanol–water partition coefficient (Wildman–Crippen LogP) is 2.93. The van der Waals surface area contributed by atoms with E-state index in [2.05, 4.69) is 18.0 Å². The van der Waals surface area contributed by atoms with Crippen LogP contribution in [0.3, 0.4) is 0 Å². The molecule has 3 nitrogen and oxygen atoms in total. The molecule has 0 aliphatic carbocycles. The third kappa shape index (κ3) is 3.24. The lowest BCUT2D eigenvalue weighted by atomic mass is 10.0. The maximum atomic E-state index is 5.44. The minimum absolute atomic E-state index is 0.248. The lowest BCUT2D eigenvalue weighted by Gasteiger charge is -2.20. The Balaban J connectivity index is 3.04. The van der Waals surface area contributed by atoms with Gasteiger partial charge in [0.1, 0.15) is 0 Å². The summed E-state index contributed by atoms with van der Waals surface area (Å²) in [7, 11) is 5.27. The predicted molar refractivity (Wildman–Crippen MR) is 70.8 cm³/mol. The van der Waals surface area contributed by atoms with Crippen molar-refractivity contribution in [3.05, 3.63) is 36.4 Å². The first-order chi connectivity index (χ1) is 8.28. The number of nitrogens with one attached hydrogen (secondary N) is 1. The lowest BCUT2D eigenvalue weighted by molar-refractivity contribution is 0.346. The molecule has 1 unspecified atom stereocenters. The van der Waals surface area contributed by atoms with E-state index in [4.69, 9.17) is 9.47 Å². The molecule has 0 spiro atoms. The van der Waals surface area contributed by atoms with Gasteiger partial charge in [-0.05, 0) is 26.0 Å². The number of para-hydroxylation sites is 1. The molecule has 1 N–H and O–H groups in total. The van der Waals surface area contributed by atoms with Crippen LogP contribution in [0.5, 0.6) is 11.5 Å². The topological polar surface area (TPSA) is 30.5 Å². The highest BCUT2D eigenvalue weighted by Gasteiger charge is 2.16. The summed E-state index contributed by atoms with van der Waals surface area (Å²) in [6.07, 6.45) is 3.88. The molecular weight excluding hydrogens is 214 g/mol. The molecule has 0 aliphatic rings. The van der Waals surface area contributed by atoms with E-state index in [0.717, 1.165) is 29.9 Å². The molecule has 94 valence electrons. The van der Waals surface area contributed by atoms with Crippen molar-refractivity contribution < 1.29 is 9.47 Å². The molecule has 0 aromatic heterocycles. The Kier molecular flexibility index (Phi) is 5.57. The fraction of sp³-hybridized carbons (Fsp3) is 0.429. The Labute approximate surface area is 103 Å². The Morgan fingerprint density at radius 3 is 2.65 bits per heavy atom. The van der Waals surface area contributed by atoms with Crippen molar-refractivity contribution >= 4 is 0 Å². The molecule has 0 amide bonds. The van der Waals surface area contributed by atoms with Gasteiger partial charge < -0.3 is 14.8 Å². The van der Waals surface area contributed by atoms with Gasteiger partial charge in [-0.15, -0.1) is 6.58 Å². The van der Waals surface area contributed by atoms with Gasteiger partial charge in [-0.1, -0.05) is 18.2 Å². The highest BCUT2D eigenvalue weighted by atomic mass is 16.5. The van der Waals surface area contributed by atoms with E-state index >= 15 is 0 Å². The van der Waals surface area contributed by atoms with Gasteiger partial charge in [-0.3, -0.25) is 0 Å². The maximum Gasteiger partial charge on any atom is 0.165 e. The molecule has 1 atom stereocenters. The fourth-order valence-electron chi connectivity index (χ4n) is 1.93. The van der Waals surface area contributed by atoms with Crippen molar-refractivity contribution in [1.82, 2.24) is 5.32 Å². The summed E-state index contributed by atoms with van der Waals surface area (Å²) >= 11 is 0. The highest BCUT2D eigenvalue weighted by Crippen LogP contribution is 2.35. The number of benzene rings is 1. The second-order valence-electron chi connectivity index (χ2n) is 3.79. The van der Waals surface area contributed by atoms with Gasteiger partial charge in [0.2, 0.25) is 0 Å². The van der Waals surface area contributed by atoms with Crippen molar-refractivity contribution in [2.24, 2.45) is 0 Å². The van der Waals surface area contributed by atoms with E-state index in [9.17, 15) is 0 Å². The first-order valence-corrected chi connectivity index (χ1v) is 5.77. The van der Waals surface area contributed by atoms with Crippen molar-refractivity contribution in [2.75, 3.05) is 21.3 Å². The normalized spacial score (nSPS) is 11.9. The number of hydrogen-bond donors (Lipinski definition) is 1. The second kappa shape index (κ2) is 6.97. The van der Waals surface area contributed by atoms with E-state index < -0.39 is 0 Å². The molecule has 0 aliphatic heterocycles. The summed E-state index contributed by atoms with van der Waals surface area (Å²) in [5.41, 5.74) is 1.12. The first kappa shape index (κ1) is 13.6. The molecule has 1 rings (SSSR count). The number of ether oxygens (including phenoxy) is 2. The van der Waals surface area contributed by atoms with Crippen LogP contribution in [0.1, 0.15) is 24.4 Å². The lowest BCUT2D eigenvalue weighted by Crippen LogP contribution is -2.17. The summed E-state index contributed by atoms with van der Waals surface area (Å²) in [5.74, 6) is 1.57. The minimum Gasteiger partial charge on any atom is -0.493 e. The highest BCUT2D eigenvalue weighted by molar-refractivity contribution is 5.48. The zero-order chi connectivity index (χ0) is 12.7. The van der Waals surface area contributed by atoms with Gasteiger partial charge in [0.05, 0.1) is 14.2 Å². The zero-order valence-corrected chi connectivity index (χ0v) is 10.8. The zero-order valence-electron chi connectivity index (χ0n) is 10.8. The van der Waals surface area contributed by atoms with Gasteiger partial charge in [0, 0.05) is 11.6 Å². The maximum absolute atomic E-state index is 5.44. The largest absolute Gasteiger partial charge is 0.493 e. The molecular formula is C14H21NO2. The number of hydrogen-bond acceptors (Lipinski definition) is 3. The molecule has 0 saturated heterocycles. The van der Waals surface area contributed by atoms with Crippen molar-refractivity contribution in [3.8, 4) is 11.5 Å². The van der Waals surface area contributed by atoms with Crippen LogP contribution >= 0.6 is 0 Å². The van der Waals surface area contributed by atoms with Crippen LogP contribution in [0, 0.1) is 0 Å². The van der Waals surface area contributed by atoms with E-state index in [1.54, 1.807) is 14.2 Å². The van der Waals surface area contributed by atoms with E-state index in [0.29, 0.717) is 0 Å². The second-order valence-corrected chi connectivity index (χ2v) is 3.79. The molecule has 0 saturated carbocycles. The van der Waals surface area contributed by atoms with E-state index in [1.165, 1.54) is 0 Å². The molecule has 0 fully saturated rings. The van der Waals surface area contributed by atoms with Gasteiger partial charge >= 0.3 is 0 Å². The van der Waals surface area contributed by atoms with Gasteiger partial charge in [-0.2, -0.15) is 0 Å². The summed E-state index contributed by atoms with van der Waals surface area (Å²) in [6.45, 7) is 3.75. The monoisotopic (exact) mass is 235 g/mol. The van der Waals surface area contributed by atoms with E-state index in [1.807, 2.05) is 25.3 Å². The quantitative estimate of drug-likeness (QED) is 0.737. The minimum atomic E-state index is 0.248. The average molecular weight is 235 g/mol. The van der Waals surface area contributed by atoms with Crippen molar-refractivity contribution in [2.45, 2.75) is 18.9 Å². The van der Waals surface area contributed by atoms with Crippen LogP contribution in [-0.2, 0) is 0 Å². The Morgan fingerprint density at radius 2 is 2.12 bits per heavy atom. The van der Waals surface area contributed by atoms with Crippen molar-refractivity contribution in [1.29, 1.82) is 0 Å². The van der Waals surface area contributed by atoms with Crippen LogP contribution in [0.4, 0.5) is 0 Å². The molecule has 3 heteroatoms. The number of methoxy groups -OCH3 is 2. The third-order valence-corrected chi connectivity index (χ3v) is 2.82. The van der Waals surface area contributed by atoms with Gasteiger partial charge in [-0.25, -0.2) is 0 Å². The number of allylic oxidation sites excluding steroid dienone is 1. The molecule has 0 radical (unpaired) electrons. The SMILES string of the molecule is C=CCCC(NC)c1cccc(OC)c1OC. The van der Waals surface area contributed by atoms with Crippen LogP contribution in [0.15, 0.2) is 30.9 Å². The molecule has 0 heterocycles.